The lowest BCUT2D eigenvalue weighted by Crippen LogP contribution is -2.42. The highest BCUT2D eigenvalue weighted by atomic mass is 16.2. The number of para-hydroxylation sites is 1. The Morgan fingerprint density at radius 3 is 2.38 bits per heavy atom. The van der Waals surface area contributed by atoms with Crippen molar-refractivity contribution in [2.45, 2.75) is 33.2 Å². The van der Waals surface area contributed by atoms with Gasteiger partial charge in [-0.1, -0.05) is 55.3 Å². The molecule has 0 aromatic heterocycles. The fourth-order valence-corrected chi connectivity index (χ4v) is 2.59. The van der Waals surface area contributed by atoms with E-state index in [1.165, 1.54) is 0 Å². The van der Waals surface area contributed by atoms with Crippen LogP contribution < -0.4 is 21.3 Å². The minimum Gasteiger partial charge on any atom is -0.375 e. The minimum absolute atomic E-state index is 0.122. The summed E-state index contributed by atoms with van der Waals surface area (Å²) in [5.74, 6) is -0.722. The lowest BCUT2D eigenvalue weighted by atomic mass is 10.1. The van der Waals surface area contributed by atoms with E-state index in [1.54, 1.807) is 24.3 Å². The number of hydrogen-bond donors (Lipinski definition) is 4. The summed E-state index contributed by atoms with van der Waals surface area (Å²) in [5, 5.41) is 10.7. The molecule has 0 radical (unpaired) electrons. The number of urea groups is 1. The molecule has 2 rings (SSSR count). The second-order valence-corrected chi connectivity index (χ2v) is 6.73. The van der Waals surface area contributed by atoms with Gasteiger partial charge in [0.05, 0.1) is 12.1 Å². The Morgan fingerprint density at radius 2 is 1.66 bits per heavy atom. The van der Waals surface area contributed by atoms with Crippen LogP contribution in [0.2, 0.25) is 0 Å². The van der Waals surface area contributed by atoms with Crippen LogP contribution in [0.5, 0.6) is 0 Å². The predicted octanol–water partition coefficient (Wildman–Crippen LogP) is 2.96. The first-order chi connectivity index (χ1) is 14.0. The molecule has 7 heteroatoms. The molecule has 29 heavy (non-hydrogen) atoms. The van der Waals surface area contributed by atoms with E-state index >= 15 is 0 Å². The lowest BCUT2D eigenvalue weighted by Gasteiger charge is -2.12. The van der Waals surface area contributed by atoms with Crippen molar-refractivity contribution in [1.82, 2.24) is 16.0 Å². The van der Waals surface area contributed by atoms with Crippen molar-refractivity contribution in [1.29, 1.82) is 0 Å². The molecule has 0 aliphatic rings. The third-order valence-corrected chi connectivity index (χ3v) is 4.25. The second-order valence-electron chi connectivity index (χ2n) is 6.73. The van der Waals surface area contributed by atoms with Gasteiger partial charge in [0.2, 0.25) is 5.91 Å². The summed E-state index contributed by atoms with van der Waals surface area (Å²) in [7, 11) is 0. The summed E-state index contributed by atoms with van der Waals surface area (Å²) in [6.07, 6.45) is 1.81. The van der Waals surface area contributed by atoms with E-state index in [-0.39, 0.29) is 12.5 Å². The first-order valence-electron chi connectivity index (χ1n) is 9.74. The molecule has 2 aromatic carbocycles. The molecule has 4 amide bonds. The number of amides is 4. The number of carbonyl (C=O) groups is 3. The topological polar surface area (TPSA) is 99.3 Å². The van der Waals surface area contributed by atoms with Gasteiger partial charge in [-0.2, -0.15) is 0 Å². The molecule has 0 bridgehead atoms. The standard InChI is InChI=1S/C22H28N4O3/c1-3-4-13-23-22(29)26-20(27)15-24-19-8-6-5-7-18(19)21(28)25-14-17-11-9-16(2)10-12-17/h5-12,24H,3-4,13-15H2,1-2H3,(H,25,28)(H2,23,26,27,29). The van der Waals surface area contributed by atoms with Gasteiger partial charge >= 0.3 is 6.03 Å². The van der Waals surface area contributed by atoms with E-state index in [0.29, 0.717) is 24.3 Å². The van der Waals surface area contributed by atoms with Crippen LogP contribution in [0.3, 0.4) is 0 Å². The highest BCUT2D eigenvalue weighted by Gasteiger charge is 2.12. The molecule has 0 aliphatic carbocycles. The molecule has 154 valence electrons. The second kappa shape index (κ2) is 11.5. The Bertz CT molecular complexity index is 834. The molecule has 0 heterocycles. The maximum Gasteiger partial charge on any atom is 0.321 e. The van der Waals surface area contributed by atoms with Gasteiger partial charge in [-0.3, -0.25) is 14.9 Å². The average molecular weight is 396 g/mol. The molecule has 2 aromatic rings. The Kier molecular flexibility index (Phi) is 8.69. The van der Waals surface area contributed by atoms with Crippen molar-refractivity contribution >= 4 is 23.5 Å². The van der Waals surface area contributed by atoms with Gasteiger partial charge in [-0.15, -0.1) is 0 Å². The number of carbonyl (C=O) groups excluding carboxylic acids is 3. The van der Waals surface area contributed by atoms with Crippen LogP contribution >= 0.6 is 0 Å². The molecule has 0 spiro atoms. The Hall–Kier alpha value is -3.35. The molecule has 7 nitrogen and oxygen atoms in total. The third-order valence-electron chi connectivity index (χ3n) is 4.25. The summed E-state index contributed by atoms with van der Waals surface area (Å²) < 4.78 is 0. The van der Waals surface area contributed by atoms with Crippen molar-refractivity contribution in [2.75, 3.05) is 18.4 Å². The lowest BCUT2D eigenvalue weighted by molar-refractivity contribution is -0.118. The van der Waals surface area contributed by atoms with Crippen LogP contribution in [-0.2, 0) is 11.3 Å². The van der Waals surface area contributed by atoms with Crippen LogP contribution in [-0.4, -0.2) is 30.9 Å². The molecule has 0 saturated heterocycles. The van der Waals surface area contributed by atoms with E-state index in [2.05, 4.69) is 21.3 Å². The van der Waals surface area contributed by atoms with Crippen molar-refractivity contribution in [3.63, 3.8) is 0 Å². The monoisotopic (exact) mass is 396 g/mol. The summed E-state index contributed by atoms with van der Waals surface area (Å²) in [6.45, 7) is 4.83. The number of rotatable bonds is 9. The van der Waals surface area contributed by atoms with Crippen molar-refractivity contribution in [3.8, 4) is 0 Å². The van der Waals surface area contributed by atoms with Crippen molar-refractivity contribution < 1.29 is 14.4 Å². The third kappa shape index (κ3) is 7.65. The van der Waals surface area contributed by atoms with Gasteiger partial charge < -0.3 is 16.0 Å². The van der Waals surface area contributed by atoms with E-state index in [0.717, 1.165) is 24.0 Å². The SMILES string of the molecule is CCCCNC(=O)NC(=O)CNc1ccccc1C(=O)NCc1ccc(C)cc1. The van der Waals surface area contributed by atoms with Crippen molar-refractivity contribution in [2.24, 2.45) is 0 Å². The van der Waals surface area contributed by atoms with Crippen LogP contribution in [0.15, 0.2) is 48.5 Å². The van der Waals surface area contributed by atoms with Gasteiger partial charge in [0.25, 0.3) is 5.91 Å². The Balaban J connectivity index is 1.87. The van der Waals surface area contributed by atoms with Gasteiger partial charge in [-0.05, 0) is 31.0 Å². The fourth-order valence-electron chi connectivity index (χ4n) is 2.59. The van der Waals surface area contributed by atoms with E-state index in [4.69, 9.17) is 0 Å². The van der Waals surface area contributed by atoms with Gasteiger partial charge in [-0.25, -0.2) is 4.79 Å². The molecule has 0 saturated carbocycles. The number of benzene rings is 2. The maximum atomic E-state index is 12.6. The molecule has 0 unspecified atom stereocenters. The van der Waals surface area contributed by atoms with Gasteiger partial charge in [0, 0.05) is 18.8 Å². The number of anilines is 1. The quantitative estimate of drug-likeness (QED) is 0.490. The molecular weight excluding hydrogens is 368 g/mol. The Morgan fingerprint density at radius 1 is 0.931 bits per heavy atom. The summed E-state index contributed by atoms with van der Waals surface area (Å²) >= 11 is 0. The average Bonchev–Trinajstić information content (AvgIpc) is 2.72. The van der Waals surface area contributed by atoms with Crippen LogP contribution in [0.1, 0.15) is 41.3 Å². The van der Waals surface area contributed by atoms with Gasteiger partial charge in [0.1, 0.15) is 0 Å². The van der Waals surface area contributed by atoms with Crippen LogP contribution in [0.4, 0.5) is 10.5 Å². The first kappa shape index (κ1) is 21.9. The number of hydrogen-bond acceptors (Lipinski definition) is 4. The number of nitrogens with one attached hydrogen (secondary N) is 4. The highest BCUT2D eigenvalue weighted by molar-refractivity contribution is 6.01. The number of aryl methyl sites for hydroxylation is 1. The van der Waals surface area contributed by atoms with Crippen molar-refractivity contribution in [3.05, 3.63) is 65.2 Å². The number of unbranched alkanes of at least 4 members (excludes halogenated alkanes) is 1. The molecular formula is C22H28N4O3. The largest absolute Gasteiger partial charge is 0.375 e. The molecule has 0 atom stereocenters. The Labute approximate surface area is 171 Å². The zero-order chi connectivity index (χ0) is 21.1. The molecule has 0 fully saturated rings. The van der Waals surface area contributed by atoms with Crippen LogP contribution in [0, 0.1) is 6.92 Å². The van der Waals surface area contributed by atoms with E-state index in [9.17, 15) is 14.4 Å². The van der Waals surface area contributed by atoms with Crippen LogP contribution in [0.25, 0.3) is 0 Å². The summed E-state index contributed by atoms with van der Waals surface area (Å²) in [5.41, 5.74) is 3.12. The molecule has 0 aliphatic heterocycles. The first-order valence-corrected chi connectivity index (χ1v) is 9.74. The maximum absolute atomic E-state index is 12.6. The van der Waals surface area contributed by atoms with E-state index in [1.807, 2.05) is 38.1 Å². The fraction of sp³-hybridized carbons (Fsp3) is 0.318. The normalized spacial score (nSPS) is 10.1. The van der Waals surface area contributed by atoms with Gasteiger partial charge in [0.15, 0.2) is 0 Å². The highest BCUT2D eigenvalue weighted by Crippen LogP contribution is 2.15. The smallest absolute Gasteiger partial charge is 0.321 e. The zero-order valence-electron chi connectivity index (χ0n) is 16.9. The summed E-state index contributed by atoms with van der Waals surface area (Å²) in [6, 6.07) is 14.3. The zero-order valence-corrected chi connectivity index (χ0v) is 16.9. The van der Waals surface area contributed by atoms with E-state index < -0.39 is 11.9 Å². The predicted molar refractivity (Wildman–Crippen MR) is 114 cm³/mol. The molecule has 4 N–H and O–H groups in total. The summed E-state index contributed by atoms with van der Waals surface area (Å²) in [4.78, 5) is 36.1. The minimum atomic E-state index is -0.519. The number of imide groups is 1.